The van der Waals surface area contributed by atoms with E-state index in [0.717, 1.165) is 24.2 Å². The fraction of sp³-hybridized carbons (Fsp3) is 0.217. The Bertz CT molecular complexity index is 1130. The van der Waals surface area contributed by atoms with Crippen molar-refractivity contribution in [2.45, 2.75) is 26.7 Å². The van der Waals surface area contributed by atoms with Crippen LogP contribution < -0.4 is 16.0 Å². The van der Waals surface area contributed by atoms with Crippen molar-refractivity contribution in [1.29, 1.82) is 0 Å². The lowest BCUT2D eigenvalue weighted by molar-refractivity contribution is 0.0499. The largest absolute Gasteiger partial charge is 0.462 e. The first-order chi connectivity index (χ1) is 15.9. The Morgan fingerprint density at radius 3 is 2.27 bits per heavy atom. The average Bonchev–Trinajstić information content (AvgIpc) is 3.15. The number of carbonyl (C=O) groups is 3. The number of benzene rings is 2. The zero-order valence-corrected chi connectivity index (χ0v) is 18.9. The number of nitrogens with zero attached hydrogens (tertiary/aromatic N) is 1. The fourth-order valence-electron chi connectivity index (χ4n) is 2.72. The summed E-state index contributed by atoms with van der Waals surface area (Å²) in [6.07, 6.45) is 1.74. The van der Waals surface area contributed by atoms with Gasteiger partial charge in [0.1, 0.15) is 10.7 Å². The number of ether oxygens (including phenoxy) is 1. The molecule has 0 aliphatic carbocycles. The molecule has 10 heteroatoms. The Balaban J connectivity index is 1.57. The van der Waals surface area contributed by atoms with Gasteiger partial charge in [0, 0.05) is 11.4 Å². The summed E-state index contributed by atoms with van der Waals surface area (Å²) in [4.78, 5) is 41.3. The summed E-state index contributed by atoms with van der Waals surface area (Å²) in [6, 6.07) is 11.1. The minimum atomic E-state index is -0.566. The Labute approximate surface area is 194 Å². The third-order valence-electron chi connectivity index (χ3n) is 4.43. The summed E-state index contributed by atoms with van der Waals surface area (Å²) in [5, 5.41) is 8.10. The molecule has 33 heavy (non-hydrogen) atoms. The number of thiazole rings is 1. The zero-order valence-electron chi connectivity index (χ0n) is 18.1. The average molecular weight is 471 g/mol. The first-order valence-corrected chi connectivity index (χ1v) is 11.1. The number of urea groups is 1. The topological polar surface area (TPSA) is 109 Å². The van der Waals surface area contributed by atoms with Crippen molar-refractivity contribution in [3.63, 3.8) is 0 Å². The molecule has 2 aromatic carbocycles. The minimum Gasteiger partial charge on any atom is -0.462 e. The number of amides is 3. The summed E-state index contributed by atoms with van der Waals surface area (Å²) >= 11 is 1.02. The number of carbonyl (C=O) groups excluding carboxylic acids is 3. The number of aromatic nitrogens is 1. The van der Waals surface area contributed by atoms with Gasteiger partial charge in [0.15, 0.2) is 5.13 Å². The number of hydrogen-bond acceptors (Lipinski definition) is 6. The van der Waals surface area contributed by atoms with E-state index in [4.69, 9.17) is 4.74 Å². The van der Waals surface area contributed by atoms with Gasteiger partial charge in [0.05, 0.1) is 17.9 Å². The molecular formula is C23H23FN4O4S. The van der Waals surface area contributed by atoms with Gasteiger partial charge in [-0.1, -0.05) is 24.7 Å². The summed E-state index contributed by atoms with van der Waals surface area (Å²) in [7, 11) is 0. The van der Waals surface area contributed by atoms with Crippen molar-refractivity contribution < 1.29 is 23.5 Å². The molecule has 172 valence electrons. The number of halogens is 1. The molecule has 0 radical (unpaired) electrons. The molecule has 1 heterocycles. The highest BCUT2D eigenvalue weighted by Gasteiger charge is 2.17. The van der Waals surface area contributed by atoms with E-state index in [1.54, 1.807) is 31.2 Å². The van der Waals surface area contributed by atoms with Crippen molar-refractivity contribution in [3.05, 3.63) is 70.5 Å². The van der Waals surface area contributed by atoms with E-state index in [0.29, 0.717) is 34.1 Å². The van der Waals surface area contributed by atoms with Gasteiger partial charge in [-0.3, -0.25) is 10.1 Å². The Morgan fingerprint density at radius 1 is 0.970 bits per heavy atom. The first kappa shape index (κ1) is 23.9. The van der Waals surface area contributed by atoms with E-state index in [2.05, 4.69) is 20.9 Å². The quantitative estimate of drug-likeness (QED) is 0.300. The Morgan fingerprint density at radius 2 is 1.61 bits per heavy atom. The number of aryl methyl sites for hydroxylation is 1. The summed E-state index contributed by atoms with van der Waals surface area (Å²) in [5.74, 6) is -1.21. The second-order valence-electron chi connectivity index (χ2n) is 7.04. The van der Waals surface area contributed by atoms with Crippen molar-refractivity contribution in [1.82, 2.24) is 4.98 Å². The third-order valence-corrected chi connectivity index (χ3v) is 5.51. The van der Waals surface area contributed by atoms with Crippen LogP contribution in [0.3, 0.4) is 0 Å². The van der Waals surface area contributed by atoms with Gasteiger partial charge in [-0.05, 0) is 61.9 Å². The summed E-state index contributed by atoms with van der Waals surface area (Å²) in [5.41, 5.74) is 1.77. The van der Waals surface area contributed by atoms with Crippen LogP contribution in [0.25, 0.3) is 0 Å². The van der Waals surface area contributed by atoms with Crippen LogP contribution in [0.4, 0.5) is 25.7 Å². The molecule has 8 nitrogen and oxygen atoms in total. The highest BCUT2D eigenvalue weighted by atomic mass is 32.1. The van der Waals surface area contributed by atoms with Gasteiger partial charge in [0.2, 0.25) is 0 Å². The molecule has 0 unspecified atom stereocenters. The molecule has 3 rings (SSSR count). The molecule has 0 saturated carbocycles. The van der Waals surface area contributed by atoms with Crippen molar-refractivity contribution >= 4 is 45.8 Å². The van der Waals surface area contributed by atoms with Crippen LogP contribution in [0.1, 0.15) is 45.5 Å². The van der Waals surface area contributed by atoms with Gasteiger partial charge in [-0.25, -0.2) is 19.0 Å². The lowest BCUT2D eigenvalue weighted by Crippen LogP contribution is -2.19. The SMILES string of the molecule is CCCCOC(=O)c1ccc(NC(=O)c2sc(NC(=O)Nc3ccc(F)cc3)nc2C)cc1. The van der Waals surface area contributed by atoms with Crippen LogP contribution in [0.5, 0.6) is 0 Å². The maximum Gasteiger partial charge on any atom is 0.338 e. The van der Waals surface area contributed by atoms with Crippen LogP contribution in [-0.4, -0.2) is 29.5 Å². The number of anilines is 3. The molecule has 0 spiro atoms. The molecule has 0 fully saturated rings. The van der Waals surface area contributed by atoms with E-state index in [9.17, 15) is 18.8 Å². The summed E-state index contributed by atoms with van der Waals surface area (Å²) in [6.45, 7) is 4.04. The molecule has 3 amide bonds. The van der Waals surface area contributed by atoms with Crippen molar-refractivity contribution in [2.24, 2.45) is 0 Å². The van der Waals surface area contributed by atoms with Gasteiger partial charge in [-0.2, -0.15) is 0 Å². The molecule has 0 aliphatic heterocycles. The van der Waals surface area contributed by atoms with Crippen molar-refractivity contribution in [2.75, 3.05) is 22.6 Å². The fourth-order valence-corrected chi connectivity index (χ4v) is 3.58. The Hall–Kier alpha value is -3.79. The molecule has 0 saturated heterocycles. The zero-order chi connectivity index (χ0) is 23.8. The number of nitrogens with one attached hydrogen (secondary N) is 3. The maximum absolute atomic E-state index is 13.0. The molecule has 0 atom stereocenters. The van der Waals surface area contributed by atoms with Crippen LogP contribution in [0.15, 0.2) is 48.5 Å². The molecule has 3 N–H and O–H groups in total. The predicted octanol–water partition coefficient (Wildman–Crippen LogP) is 5.44. The predicted molar refractivity (Wildman–Crippen MR) is 125 cm³/mol. The lowest BCUT2D eigenvalue weighted by atomic mass is 10.2. The molecule has 3 aromatic rings. The van der Waals surface area contributed by atoms with Crippen LogP contribution in [-0.2, 0) is 4.74 Å². The third kappa shape index (κ3) is 6.84. The highest BCUT2D eigenvalue weighted by molar-refractivity contribution is 7.17. The summed E-state index contributed by atoms with van der Waals surface area (Å²) < 4.78 is 18.1. The molecular weight excluding hydrogens is 447 g/mol. The second kappa shape index (κ2) is 11.2. The normalized spacial score (nSPS) is 10.4. The highest BCUT2D eigenvalue weighted by Crippen LogP contribution is 2.24. The number of esters is 1. The van der Waals surface area contributed by atoms with Crippen molar-refractivity contribution in [3.8, 4) is 0 Å². The van der Waals surface area contributed by atoms with Gasteiger partial charge in [-0.15, -0.1) is 0 Å². The monoisotopic (exact) mass is 470 g/mol. The number of hydrogen-bond donors (Lipinski definition) is 3. The van der Waals surface area contributed by atoms with E-state index in [1.165, 1.54) is 24.3 Å². The molecule has 1 aromatic heterocycles. The van der Waals surface area contributed by atoms with E-state index in [-0.39, 0.29) is 5.13 Å². The van der Waals surface area contributed by atoms with Crippen LogP contribution >= 0.6 is 11.3 Å². The van der Waals surface area contributed by atoms with Gasteiger partial charge in [0.25, 0.3) is 5.91 Å². The number of rotatable bonds is 8. The molecule has 0 bridgehead atoms. The van der Waals surface area contributed by atoms with E-state index < -0.39 is 23.7 Å². The lowest BCUT2D eigenvalue weighted by Gasteiger charge is -2.06. The minimum absolute atomic E-state index is 0.238. The Kier molecular flexibility index (Phi) is 8.09. The van der Waals surface area contributed by atoms with E-state index in [1.807, 2.05) is 6.92 Å². The maximum atomic E-state index is 13.0. The van der Waals surface area contributed by atoms with E-state index >= 15 is 0 Å². The number of unbranched alkanes of at least 4 members (excludes halogenated alkanes) is 1. The smallest absolute Gasteiger partial charge is 0.338 e. The van der Waals surface area contributed by atoms with Gasteiger partial charge < -0.3 is 15.4 Å². The van der Waals surface area contributed by atoms with Crippen LogP contribution in [0, 0.1) is 12.7 Å². The first-order valence-electron chi connectivity index (χ1n) is 10.2. The standard InChI is InChI=1S/C23H23FN4O4S/c1-3-4-13-32-21(30)15-5-9-17(10-6-15)26-20(29)19-14(2)25-23(33-19)28-22(31)27-18-11-7-16(24)8-12-18/h5-12H,3-4,13H2,1-2H3,(H,26,29)(H2,25,27,28,31). The molecule has 0 aliphatic rings. The van der Waals surface area contributed by atoms with Crippen LogP contribution in [0.2, 0.25) is 0 Å². The van der Waals surface area contributed by atoms with Gasteiger partial charge >= 0.3 is 12.0 Å². The second-order valence-corrected chi connectivity index (χ2v) is 8.04.